The molecule has 0 amide bonds. The molecule has 7 heteroatoms. The highest BCUT2D eigenvalue weighted by Crippen LogP contribution is 2.29. The topological polar surface area (TPSA) is 45.7 Å². The van der Waals surface area contributed by atoms with Crippen LogP contribution < -0.4 is 15.5 Å². The van der Waals surface area contributed by atoms with Gasteiger partial charge < -0.3 is 10.1 Å². The summed E-state index contributed by atoms with van der Waals surface area (Å²) >= 11 is 9.65. The summed E-state index contributed by atoms with van der Waals surface area (Å²) in [5.41, 5.74) is 6.18. The lowest BCUT2D eigenvalue weighted by Crippen LogP contribution is -2.31. The van der Waals surface area contributed by atoms with Gasteiger partial charge in [-0.1, -0.05) is 29.8 Å². The maximum atomic E-state index is 6.02. The maximum Gasteiger partial charge on any atom is 0.186 e. The zero-order valence-corrected chi connectivity index (χ0v) is 19.1. The van der Waals surface area contributed by atoms with Gasteiger partial charge in [0.25, 0.3) is 0 Å². The Morgan fingerprint density at radius 3 is 2.44 bits per heavy atom. The molecule has 2 rings (SSSR count). The smallest absolute Gasteiger partial charge is 0.186 e. The molecule has 0 atom stereocenters. The van der Waals surface area contributed by atoms with E-state index in [0.717, 1.165) is 30.6 Å². The molecule has 2 aromatic rings. The minimum atomic E-state index is 0.515. The van der Waals surface area contributed by atoms with Gasteiger partial charge in [0.1, 0.15) is 12.4 Å². The van der Waals surface area contributed by atoms with Crippen LogP contribution in [-0.2, 0) is 6.61 Å². The van der Waals surface area contributed by atoms with Crippen molar-refractivity contribution >= 4 is 68.7 Å². The van der Waals surface area contributed by atoms with Gasteiger partial charge >= 0.3 is 0 Å². The highest BCUT2D eigenvalue weighted by molar-refractivity contribution is 14.1. The van der Waals surface area contributed by atoms with E-state index in [2.05, 4.69) is 92.2 Å². The second kappa shape index (κ2) is 10.3. The van der Waals surface area contributed by atoms with Gasteiger partial charge in [-0.05, 0) is 94.5 Å². The van der Waals surface area contributed by atoms with Crippen molar-refractivity contribution in [3.8, 4) is 5.75 Å². The van der Waals surface area contributed by atoms with Crippen LogP contribution in [0.4, 0.5) is 0 Å². The van der Waals surface area contributed by atoms with E-state index in [9.17, 15) is 0 Å². The average molecular weight is 579 g/mol. The van der Waals surface area contributed by atoms with Crippen LogP contribution in [0, 0.1) is 14.1 Å². The number of halogens is 2. The lowest BCUT2D eigenvalue weighted by molar-refractivity contribution is 0.301. The Balaban J connectivity index is 2.02. The lowest BCUT2D eigenvalue weighted by Gasteiger charge is -2.11. The van der Waals surface area contributed by atoms with E-state index in [1.165, 1.54) is 5.56 Å². The maximum absolute atomic E-state index is 6.02. The minimum absolute atomic E-state index is 0.515. The molecule has 0 aliphatic heterocycles. The molecule has 0 unspecified atom stereocenters. The van der Waals surface area contributed by atoms with Crippen LogP contribution in [0.3, 0.4) is 0 Å². The second-order valence-corrected chi connectivity index (χ2v) is 8.05. The quantitative estimate of drug-likeness (QED) is 0.228. The van der Waals surface area contributed by atoms with E-state index in [0.29, 0.717) is 11.7 Å². The minimum Gasteiger partial charge on any atom is -0.487 e. The molecule has 0 aliphatic carbocycles. The molecular weight excluding hydrogens is 560 g/mol. The van der Waals surface area contributed by atoms with Crippen LogP contribution in [0.1, 0.15) is 23.6 Å². The van der Waals surface area contributed by atoms with Gasteiger partial charge in [0, 0.05) is 6.54 Å². The normalized spacial score (nSPS) is 10.7. The summed E-state index contributed by atoms with van der Waals surface area (Å²) in [6.45, 7) is 5.39. The van der Waals surface area contributed by atoms with Crippen LogP contribution >= 0.6 is 57.4 Å². The Bertz CT molecular complexity index is 740. The van der Waals surface area contributed by atoms with Gasteiger partial charge in [0.2, 0.25) is 0 Å². The van der Waals surface area contributed by atoms with Gasteiger partial charge in [-0.25, -0.2) is 0 Å². The number of ether oxygens (including phenoxy) is 1. The Morgan fingerprint density at radius 1 is 1.20 bits per heavy atom. The van der Waals surface area contributed by atoms with Crippen molar-refractivity contribution in [1.82, 2.24) is 10.7 Å². The fraction of sp³-hybridized carbons (Fsp3) is 0.222. The molecule has 0 heterocycles. The van der Waals surface area contributed by atoms with E-state index < -0.39 is 0 Å². The number of rotatable bonds is 6. The Kier molecular flexibility index (Phi) is 8.37. The summed E-state index contributed by atoms with van der Waals surface area (Å²) in [6.07, 6.45) is 1.75. The van der Waals surface area contributed by atoms with E-state index in [4.69, 9.17) is 17.0 Å². The highest BCUT2D eigenvalue weighted by Gasteiger charge is 2.09. The first-order valence-electron chi connectivity index (χ1n) is 7.74. The standard InChI is InChI=1S/C18H19I2N3OS/c1-3-21-18(25)23-22-10-14-8-15(19)17(16(20)9-14)24-11-13-6-4-12(2)5-7-13/h4-10H,3,11H2,1-2H3,(H2,21,23,25)/b22-10-. The predicted octanol–water partition coefficient (Wildman–Crippen LogP) is 4.60. The third kappa shape index (κ3) is 6.70. The second-order valence-electron chi connectivity index (χ2n) is 5.32. The summed E-state index contributed by atoms with van der Waals surface area (Å²) in [5.74, 6) is 0.898. The number of hydrogen-bond acceptors (Lipinski definition) is 3. The van der Waals surface area contributed by atoms with Crippen LogP contribution in [0.25, 0.3) is 0 Å². The van der Waals surface area contributed by atoms with Gasteiger partial charge in [-0.2, -0.15) is 5.10 Å². The van der Waals surface area contributed by atoms with E-state index >= 15 is 0 Å². The lowest BCUT2D eigenvalue weighted by atomic mass is 10.2. The molecule has 0 saturated heterocycles. The fourth-order valence-corrected chi connectivity index (χ4v) is 4.32. The molecule has 25 heavy (non-hydrogen) atoms. The summed E-state index contributed by atoms with van der Waals surface area (Å²) in [4.78, 5) is 0. The third-order valence-electron chi connectivity index (χ3n) is 3.24. The SMILES string of the molecule is CCNC(=S)N/N=C\c1cc(I)c(OCc2ccc(C)cc2)c(I)c1. The summed E-state index contributed by atoms with van der Waals surface area (Å²) < 4.78 is 8.11. The Morgan fingerprint density at radius 2 is 1.84 bits per heavy atom. The molecular formula is C18H19I2N3OS. The van der Waals surface area contributed by atoms with Gasteiger partial charge in [-0.15, -0.1) is 0 Å². The monoisotopic (exact) mass is 579 g/mol. The van der Waals surface area contributed by atoms with E-state index in [1.54, 1.807) is 6.21 Å². The van der Waals surface area contributed by atoms with Crippen molar-refractivity contribution in [3.05, 3.63) is 60.2 Å². The number of hydrazone groups is 1. The zero-order valence-electron chi connectivity index (χ0n) is 14.0. The summed E-state index contributed by atoms with van der Waals surface area (Å²) in [7, 11) is 0. The Hall–Kier alpha value is -0.940. The Labute approximate surface area is 181 Å². The highest BCUT2D eigenvalue weighted by atomic mass is 127. The molecule has 2 N–H and O–H groups in total. The molecule has 4 nitrogen and oxygen atoms in total. The molecule has 0 bridgehead atoms. The number of hydrogen-bond donors (Lipinski definition) is 2. The van der Waals surface area contributed by atoms with Crippen molar-refractivity contribution in [3.63, 3.8) is 0 Å². The first kappa shape index (κ1) is 20.4. The zero-order chi connectivity index (χ0) is 18.2. The molecule has 0 saturated carbocycles. The molecule has 2 aromatic carbocycles. The third-order valence-corrected chi connectivity index (χ3v) is 5.08. The number of thiocarbonyl (C=S) groups is 1. The van der Waals surface area contributed by atoms with Crippen molar-refractivity contribution in [1.29, 1.82) is 0 Å². The van der Waals surface area contributed by atoms with Crippen molar-refractivity contribution in [2.75, 3.05) is 6.54 Å². The predicted molar refractivity (Wildman–Crippen MR) is 124 cm³/mol. The van der Waals surface area contributed by atoms with Crippen LogP contribution in [0.5, 0.6) is 5.75 Å². The van der Waals surface area contributed by atoms with Gasteiger partial charge in [0.15, 0.2) is 5.11 Å². The van der Waals surface area contributed by atoms with E-state index in [-0.39, 0.29) is 0 Å². The molecule has 0 fully saturated rings. The van der Waals surface area contributed by atoms with Crippen molar-refractivity contribution < 1.29 is 4.74 Å². The molecule has 0 aromatic heterocycles. The summed E-state index contributed by atoms with van der Waals surface area (Å²) in [6, 6.07) is 12.4. The van der Waals surface area contributed by atoms with E-state index in [1.807, 2.05) is 19.1 Å². The molecule has 0 radical (unpaired) electrons. The van der Waals surface area contributed by atoms with Gasteiger partial charge in [-0.3, -0.25) is 5.43 Å². The number of nitrogens with zero attached hydrogens (tertiary/aromatic N) is 1. The summed E-state index contributed by atoms with van der Waals surface area (Å²) in [5, 5.41) is 7.65. The molecule has 132 valence electrons. The molecule has 0 aliphatic rings. The van der Waals surface area contributed by atoms with Crippen LogP contribution in [0.2, 0.25) is 0 Å². The number of aryl methyl sites for hydroxylation is 1. The van der Waals surface area contributed by atoms with Crippen LogP contribution in [-0.4, -0.2) is 17.9 Å². The largest absolute Gasteiger partial charge is 0.487 e. The fourth-order valence-electron chi connectivity index (χ4n) is 2.00. The first-order valence-corrected chi connectivity index (χ1v) is 10.3. The average Bonchev–Trinajstić information content (AvgIpc) is 2.56. The number of benzene rings is 2. The van der Waals surface area contributed by atoms with Crippen molar-refractivity contribution in [2.24, 2.45) is 5.10 Å². The van der Waals surface area contributed by atoms with Crippen molar-refractivity contribution in [2.45, 2.75) is 20.5 Å². The van der Waals surface area contributed by atoms with Crippen LogP contribution in [0.15, 0.2) is 41.5 Å². The number of nitrogens with one attached hydrogen (secondary N) is 2. The molecule has 0 spiro atoms. The van der Waals surface area contributed by atoms with Gasteiger partial charge in [0.05, 0.1) is 13.4 Å². The first-order chi connectivity index (χ1) is 12.0.